The van der Waals surface area contributed by atoms with E-state index in [9.17, 15) is 4.79 Å². The summed E-state index contributed by atoms with van der Waals surface area (Å²) in [4.78, 5) is 22.5. The van der Waals surface area contributed by atoms with Gasteiger partial charge in [-0.05, 0) is 33.1 Å². The molecule has 0 spiro atoms. The molecular formula is C14H21N3O3. The molecule has 110 valence electrons. The van der Waals surface area contributed by atoms with Gasteiger partial charge in [0.15, 0.2) is 0 Å². The smallest absolute Gasteiger partial charge is 0.328 e. The average Bonchev–Trinajstić information content (AvgIpc) is 2.48. The van der Waals surface area contributed by atoms with Crippen LogP contribution < -0.4 is 9.64 Å². The molecule has 20 heavy (non-hydrogen) atoms. The van der Waals surface area contributed by atoms with Gasteiger partial charge < -0.3 is 14.4 Å². The van der Waals surface area contributed by atoms with Crippen LogP contribution in [0.5, 0.6) is 5.88 Å². The molecule has 0 amide bonds. The molecule has 0 saturated carbocycles. The molecular weight excluding hydrogens is 258 g/mol. The predicted molar refractivity (Wildman–Crippen MR) is 74.9 cm³/mol. The zero-order valence-electron chi connectivity index (χ0n) is 12.3. The summed E-state index contributed by atoms with van der Waals surface area (Å²) in [5.41, 5.74) is 0.853. The quantitative estimate of drug-likeness (QED) is 0.782. The Morgan fingerprint density at radius 3 is 2.95 bits per heavy atom. The molecule has 0 aromatic carbocycles. The van der Waals surface area contributed by atoms with Crippen molar-refractivity contribution in [1.82, 2.24) is 9.97 Å². The van der Waals surface area contributed by atoms with Gasteiger partial charge in [0, 0.05) is 6.54 Å². The zero-order chi connectivity index (χ0) is 14.5. The number of rotatable bonds is 4. The highest BCUT2D eigenvalue weighted by atomic mass is 16.5. The van der Waals surface area contributed by atoms with Crippen LogP contribution in [0.15, 0.2) is 6.33 Å². The maximum Gasteiger partial charge on any atom is 0.328 e. The summed E-state index contributed by atoms with van der Waals surface area (Å²) >= 11 is 0. The third kappa shape index (κ3) is 2.84. The minimum atomic E-state index is -0.262. The highest BCUT2D eigenvalue weighted by Gasteiger charge is 2.32. The number of carbonyl (C=O) groups excluding carboxylic acids is 1. The molecule has 1 aromatic heterocycles. The van der Waals surface area contributed by atoms with Crippen molar-refractivity contribution in [1.29, 1.82) is 0 Å². The number of esters is 1. The third-order valence-corrected chi connectivity index (χ3v) is 3.54. The molecule has 0 N–H and O–H groups in total. The van der Waals surface area contributed by atoms with Crippen molar-refractivity contribution < 1.29 is 14.3 Å². The minimum Gasteiger partial charge on any atom is -0.481 e. The van der Waals surface area contributed by atoms with E-state index >= 15 is 0 Å². The van der Waals surface area contributed by atoms with Crippen molar-refractivity contribution in [2.24, 2.45) is 0 Å². The minimum absolute atomic E-state index is 0.177. The molecule has 6 heteroatoms. The lowest BCUT2D eigenvalue weighted by molar-refractivity contribution is -0.145. The van der Waals surface area contributed by atoms with Crippen molar-refractivity contribution in [3.63, 3.8) is 0 Å². The molecule has 6 nitrogen and oxygen atoms in total. The van der Waals surface area contributed by atoms with E-state index in [1.807, 2.05) is 18.7 Å². The monoisotopic (exact) mass is 279 g/mol. The number of aromatic nitrogens is 2. The van der Waals surface area contributed by atoms with Gasteiger partial charge in [-0.2, -0.15) is 0 Å². The van der Waals surface area contributed by atoms with Crippen LogP contribution in [-0.4, -0.2) is 42.2 Å². The van der Waals surface area contributed by atoms with Crippen LogP contribution in [0.25, 0.3) is 0 Å². The lowest BCUT2D eigenvalue weighted by Gasteiger charge is -2.35. The van der Waals surface area contributed by atoms with Crippen LogP contribution in [0.1, 0.15) is 31.7 Å². The van der Waals surface area contributed by atoms with Crippen LogP contribution in [0.3, 0.4) is 0 Å². The lowest BCUT2D eigenvalue weighted by Crippen LogP contribution is -2.46. The van der Waals surface area contributed by atoms with E-state index in [1.54, 1.807) is 7.11 Å². The maximum absolute atomic E-state index is 12.1. The first-order valence-electron chi connectivity index (χ1n) is 6.97. The fourth-order valence-corrected chi connectivity index (χ4v) is 2.59. The van der Waals surface area contributed by atoms with Gasteiger partial charge in [0.2, 0.25) is 5.88 Å². The lowest BCUT2D eigenvalue weighted by atomic mass is 10.0. The molecule has 1 saturated heterocycles. The second kappa shape index (κ2) is 6.54. The SMILES string of the molecule is CCOC(=O)C1CCCCN1c1ncnc(OC)c1C. The first-order valence-corrected chi connectivity index (χ1v) is 6.97. The number of nitrogens with zero attached hydrogens (tertiary/aromatic N) is 3. The van der Waals surface area contributed by atoms with Crippen molar-refractivity contribution in [3.8, 4) is 5.88 Å². The Balaban J connectivity index is 2.30. The van der Waals surface area contributed by atoms with Gasteiger partial charge in [-0.1, -0.05) is 0 Å². The number of hydrogen-bond donors (Lipinski definition) is 0. The van der Waals surface area contributed by atoms with E-state index in [2.05, 4.69) is 9.97 Å². The number of carbonyl (C=O) groups is 1. The van der Waals surface area contributed by atoms with E-state index in [-0.39, 0.29) is 12.0 Å². The molecule has 1 atom stereocenters. The molecule has 0 aliphatic carbocycles. The molecule has 1 aromatic rings. The van der Waals surface area contributed by atoms with Crippen molar-refractivity contribution in [3.05, 3.63) is 11.9 Å². The van der Waals surface area contributed by atoms with Gasteiger partial charge in [-0.15, -0.1) is 0 Å². The molecule has 2 heterocycles. The number of piperidine rings is 1. The fourth-order valence-electron chi connectivity index (χ4n) is 2.59. The Morgan fingerprint density at radius 1 is 1.45 bits per heavy atom. The molecule has 1 aliphatic rings. The van der Waals surface area contributed by atoms with Crippen LogP contribution in [0.2, 0.25) is 0 Å². The van der Waals surface area contributed by atoms with E-state index < -0.39 is 0 Å². The van der Waals surface area contributed by atoms with Gasteiger partial charge in [0.25, 0.3) is 0 Å². The highest BCUT2D eigenvalue weighted by molar-refractivity contribution is 5.80. The summed E-state index contributed by atoms with van der Waals surface area (Å²) in [7, 11) is 1.58. The molecule has 1 unspecified atom stereocenters. The van der Waals surface area contributed by atoms with Crippen LogP contribution in [0, 0.1) is 6.92 Å². The maximum atomic E-state index is 12.1. The van der Waals surface area contributed by atoms with E-state index in [0.29, 0.717) is 12.5 Å². The summed E-state index contributed by atoms with van der Waals surface area (Å²) in [5, 5.41) is 0. The average molecular weight is 279 g/mol. The number of hydrogen-bond acceptors (Lipinski definition) is 6. The first kappa shape index (κ1) is 14.6. The van der Waals surface area contributed by atoms with Crippen molar-refractivity contribution >= 4 is 11.8 Å². The fraction of sp³-hybridized carbons (Fsp3) is 0.643. The molecule has 0 radical (unpaired) electrons. The van der Waals surface area contributed by atoms with E-state index in [0.717, 1.165) is 37.2 Å². The molecule has 1 aliphatic heterocycles. The van der Waals surface area contributed by atoms with Gasteiger partial charge >= 0.3 is 5.97 Å². The second-order valence-corrected chi connectivity index (χ2v) is 4.79. The first-order chi connectivity index (χ1) is 9.69. The number of ether oxygens (including phenoxy) is 2. The van der Waals surface area contributed by atoms with Gasteiger partial charge in [-0.3, -0.25) is 0 Å². The summed E-state index contributed by atoms with van der Waals surface area (Å²) < 4.78 is 10.4. The van der Waals surface area contributed by atoms with Crippen LogP contribution >= 0.6 is 0 Å². The normalized spacial score (nSPS) is 18.8. The Morgan fingerprint density at radius 2 is 2.25 bits per heavy atom. The Hall–Kier alpha value is -1.85. The standard InChI is InChI=1S/C14H21N3O3/c1-4-20-14(18)11-7-5-6-8-17(11)12-10(2)13(19-3)16-9-15-12/h9,11H,4-8H2,1-3H3. The molecule has 1 fully saturated rings. The zero-order valence-corrected chi connectivity index (χ0v) is 12.3. The largest absolute Gasteiger partial charge is 0.481 e. The van der Waals surface area contributed by atoms with Crippen LogP contribution in [0.4, 0.5) is 5.82 Å². The van der Waals surface area contributed by atoms with Crippen LogP contribution in [-0.2, 0) is 9.53 Å². The van der Waals surface area contributed by atoms with E-state index in [4.69, 9.17) is 9.47 Å². The molecule has 2 rings (SSSR count). The predicted octanol–water partition coefficient (Wildman–Crippen LogP) is 1.72. The topological polar surface area (TPSA) is 64.5 Å². The van der Waals surface area contributed by atoms with Crippen molar-refractivity contribution in [2.75, 3.05) is 25.2 Å². The summed E-state index contributed by atoms with van der Waals surface area (Å²) in [5.74, 6) is 1.13. The third-order valence-electron chi connectivity index (χ3n) is 3.54. The molecule has 0 bridgehead atoms. The Bertz CT molecular complexity index is 479. The van der Waals surface area contributed by atoms with E-state index in [1.165, 1.54) is 6.33 Å². The van der Waals surface area contributed by atoms with Gasteiger partial charge in [0.05, 0.1) is 19.3 Å². The number of methoxy groups -OCH3 is 1. The van der Waals surface area contributed by atoms with Gasteiger partial charge in [-0.25, -0.2) is 14.8 Å². The number of anilines is 1. The highest BCUT2D eigenvalue weighted by Crippen LogP contribution is 2.29. The van der Waals surface area contributed by atoms with Crippen molar-refractivity contribution in [2.45, 2.75) is 39.2 Å². The Kier molecular flexibility index (Phi) is 4.76. The summed E-state index contributed by atoms with van der Waals surface area (Å²) in [6, 6.07) is -0.262. The Labute approximate surface area is 119 Å². The van der Waals surface area contributed by atoms with Gasteiger partial charge in [0.1, 0.15) is 18.2 Å². The second-order valence-electron chi connectivity index (χ2n) is 4.79. The summed E-state index contributed by atoms with van der Waals surface area (Å²) in [6.45, 7) is 4.93. The summed E-state index contributed by atoms with van der Waals surface area (Å²) in [6.07, 6.45) is 4.34.